The molecule has 0 aliphatic rings. The van der Waals surface area contributed by atoms with Gasteiger partial charge in [-0.3, -0.25) is 0 Å². The Balaban J connectivity index is 2.56. The number of methoxy groups -OCH3 is 1. The van der Waals surface area contributed by atoms with E-state index in [1.54, 1.807) is 11.5 Å². The smallest absolute Gasteiger partial charge is 0.417 e. The number of carbonyl (C=O) groups excluding carboxylic acids is 1. The van der Waals surface area contributed by atoms with Crippen molar-refractivity contribution in [3.63, 3.8) is 0 Å². The van der Waals surface area contributed by atoms with Gasteiger partial charge in [0.1, 0.15) is 5.82 Å². The molecule has 0 fully saturated rings. The van der Waals surface area contributed by atoms with Gasteiger partial charge >= 0.3 is 12.1 Å². The van der Waals surface area contributed by atoms with Gasteiger partial charge in [-0.05, 0) is 18.4 Å². The molecular formula is C16H19F3N2O2S. The van der Waals surface area contributed by atoms with Crippen LogP contribution in [0.4, 0.5) is 13.2 Å². The van der Waals surface area contributed by atoms with E-state index in [1.165, 1.54) is 12.5 Å². The van der Waals surface area contributed by atoms with Crippen molar-refractivity contribution < 1.29 is 22.7 Å². The van der Waals surface area contributed by atoms with Crippen LogP contribution in [0.25, 0.3) is 0 Å². The lowest BCUT2D eigenvalue weighted by atomic mass is 9.95. The molecule has 0 spiro atoms. The van der Waals surface area contributed by atoms with E-state index in [0.29, 0.717) is 11.5 Å². The molecule has 0 aliphatic heterocycles. The van der Waals surface area contributed by atoms with Crippen LogP contribution in [0.2, 0.25) is 0 Å². The number of halogens is 3. The number of ether oxygens (including phenoxy) is 1. The van der Waals surface area contributed by atoms with Gasteiger partial charge in [0, 0.05) is 16.0 Å². The van der Waals surface area contributed by atoms with Gasteiger partial charge in [0.25, 0.3) is 0 Å². The number of alkyl halides is 3. The average molecular weight is 360 g/mol. The Bertz CT molecular complexity index is 754. The van der Waals surface area contributed by atoms with Crippen LogP contribution < -0.4 is 0 Å². The fourth-order valence-electron chi connectivity index (χ4n) is 2.45. The van der Waals surface area contributed by atoms with Crippen molar-refractivity contribution >= 4 is 17.3 Å². The van der Waals surface area contributed by atoms with E-state index in [0.717, 1.165) is 17.4 Å². The van der Waals surface area contributed by atoms with Crippen LogP contribution in [-0.2, 0) is 22.9 Å². The maximum absolute atomic E-state index is 13.1. The molecule has 24 heavy (non-hydrogen) atoms. The Morgan fingerprint density at radius 3 is 2.46 bits per heavy atom. The molecule has 0 atom stereocenters. The first-order valence-electron chi connectivity index (χ1n) is 7.26. The second kappa shape index (κ2) is 6.23. The van der Waals surface area contributed by atoms with Gasteiger partial charge in [-0.2, -0.15) is 13.2 Å². The van der Waals surface area contributed by atoms with Crippen molar-refractivity contribution in [3.05, 3.63) is 39.1 Å². The number of carbonyl (C=O) groups is 1. The van der Waals surface area contributed by atoms with Crippen molar-refractivity contribution in [1.82, 2.24) is 9.55 Å². The van der Waals surface area contributed by atoms with Crippen LogP contribution in [0.15, 0.2) is 11.4 Å². The van der Waals surface area contributed by atoms with Crippen LogP contribution in [0.3, 0.4) is 0 Å². The molecule has 2 aromatic rings. The quantitative estimate of drug-likeness (QED) is 0.762. The fourth-order valence-corrected chi connectivity index (χ4v) is 3.33. The highest BCUT2D eigenvalue weighted by atomic mass is 32.1. The highest BCUT2D eigenvalue weighted by Crippen LogP contribution is 2.36. The number of esters is 1. The van der Waals surface area contributed by atoms with Crippen LogP contribution in [-0.4, -0.2) is 22.6 Å². The summed E-state index contributed by atoms with van der Waals surface area (Å²) in [6.45, 7) is 7.35. The van der Waals surface area contributed by atoms with E-state index in [4.69, 9.17) is 4.74 Å². The molecular weight excluding hydrogens is 341 g/mol. The normalized spacial score (nSPS) is 12.5. The fraction of sp³-hybridized carbons (Fsp3) is 0.500. The number of hydrogen-bond acceptors (Lipinski definition) is 4. The van der Waals surface area contributed by atoms with E-state index < -0.39 is 23.1 Å². The van der Waals surface area contributed by atoms with Gasteiger partial charge in [0.2, 0.25) is 0 Å². The minimum Gasteiger partial charge on any atom is -0.464 e. The molecule has 2 rings (SSSR count). The lowest BCUT2D eigenvalue weighted by Gasteiger charge is -2.21. The molecule has 0 amide bonds. The third-order valence-electron chi connectivity index (χ3n) is 3.62. The maximum atomic E-state index is 13.1. The van der Waals surface area contributed by atoms with Crippen molar-refractivity contribution in [2.45, 2.75) is 45.8 Å². The van der Waals surface area contributed by atoms with Gasteiger partial charge in [0.05, 0.1) is 19.2 Å². The Morgan fingerprint density at radius 2 is 1.96 bits per heavy atom. The lowest BCUT2D eigenvalue weighted by molar-refractivity contribution is -0.137. The molecule has 2 heterocycles. The molecule has 0 aromatic carbocycles. The highest BCUT2D eigenvalue weighted by Gasteiger charge is 2.35. The zero-order chi connectivity index (χ0) is 18.3. The lowest BCUT2D eigenvalue weighted by Crippen LogP contribution is -2.20. The van der Waals surface area contributed by atoms with Gasteiger partial charge in [-0.15, -0.1) is 11.3 Å². The zero-order valence-electron chi connectivity index (χ0n) is 14.1. The Morgan fingerprint density at radius 1 is 1.33 bits per heavy atom. The molecule has 132 valence electrons. The standard InChI is InChI=1S/C16H19F3N2O2S/c1-9-12(13(22)23-5)20-14(15(2,3)4)21(9)8-11-10(6-7-24-11)16(17,18)19/h6-7H,8H2,1-5H3. The first-order valence-corrected chi connectivity index (χ1v) is 8.14. The zero-order valence-corrected chi connectivity index (χ0v) is 14.9. The second-order valence-electron chi connectivity index (χ2n) is 6.45. The van der Waals surface area contributed by atoms with E-state index >= 15 is 0 Å². The summed E-state index contributed by atoms with van der Waals surface area (Å²) in [5.41, 5.74) is -0.465. The number of imidazole rings is 1. The topological polar surface area (TPSA) is 44.1 Å². The molecule has 0 saturated heterocycles. The van der Waals surface area contributed by atoms with E-state index in [9.17, 15) is 18.0 Å². The van der Waals surface area contributed by atoms with E-state index in [-0.39, 0.29) is 17.1 Å². The Hall–Kier alpha value is -1.83. The third-order valence-corrected chi connectivity index (χ3v) is 4.53. The molecule has 0 radical (unpaired) electrons. The first-order chi connectivity index (χ1) is 11.0. The predicted molar refractivity (Wildman–Crippen MR) is 85.4 cm³/mol. The molecule has 0 unspecified atom stereocenters. The summed E-state index contributed by atoms with van der Waals surface area (Å²) in [5.74, 6) is -0.0547. The van der Waals surface area contributed by atoms with Gasteiger partial charge in [0.15, 0.2) is 5.69 Å². The van der Waals surface area contributed by atoms with Gasteiger partial charge in [-0.25, -0.2) is 9.78 Å². The summed E-state index contributed by atoms with van der Waals surface area (Å²) in [5, 5.41) is 1.42. The molecule has 4 nitrogen and oxygen atoms in total. The summed E-state index contributed by atoms with van der Waals surface area (Å²) < 4.78 is 45.7. The molecule has 0 aliphatic carbocycles. The molecule has 0 saturated carbocycles. The number of aromatic nitrogens is 2. The van der Waals surface area contributed by atoms with Crippen LogP contribution in [0.5, 0.6) is 0 Å². The number of rotatable bonds is 3. The Kier molecular flexibility index (Phi) is 4.81. The van der Waals surface area contributed by atoms with Crippen molar-refractivity contribution in [2.75, 3.05) is 7.11 Å². The molecule has 0 N–H and O–H groups in total. The van der Waals surface area contributed by atoms with Gasteiger partial charge in [-0.1, -0.05) is 20.8 Å². The Labute approximate surface area is 142 Å². The predicted octanol–water partition coefficient (Wildman–Crippen LogP) is 4.40. The van der Waals surface area contributed by atoms with E-state index in [2.05, 4.69) is 4.98 Å². The SMILES string of the molecule is COC(=O)c1nc(C(C)(C)C)n(Cc2sccc2C(F)(F)F)c1C. The van der Waals surface area contributed by atoms with Crippen LogP contribution in [0.1, 0.15) is 53.2 Å². The highest BCUT2D eigenvalue weighted by molar-refractivity contribution is 7.10. The maximum Gasteiger partial charge on any atom is 0.417 e. The average Bonchev–Trinajstić information content (AvgIpc) is 3.03. The summed E-state index contributed by atoms with van der Waals surface area (Å²) in [6.07, 6.45) is -4.41. The van der Waals surface area contributed by atoms with Crippen molar-refractivity contribution in [2.24, 2.45) is 0 Å². The minimum atomic E-state index is -4.41. The minimum absolute atomic E-state index is 0.00887. The van der Waals surface area contributed by atoms with Crippen molar-refractivity contribution in [1.29, 1.82) is 0 Å². The molecule has 0 bridgehead atoms. The number of hydrogen-bond donors (Lipinski definition) is 0. The van der Waals surface area contributed by atoms with Gasteiger partial charge < -0.3 is 9.30 Å². The third kappa shape index (κ3) is 3.48. The number of nitrogens with zero attached hydrogens (tertiary/aromatic N) is 2. The number of thiophene rings is 1. The van der Waals surface area contributed by atoms with Crippen LogP contribution in [0, 0.1) is 6.92 Å². The second-order valence-corrected chi connectivity index (χ2v) is 7.45. The molecule has 8 heteroatoms. The first kappa shape index (κ1) is 18.5. The monoisotopic (exact) mass is 360 g/mol. The molecule has 2 aromatic heterocycles. The largest absolute Gasteiger partial charge is 0.464 e. The van der Waals surface area contributed by atoms with E-state index in [1.807, 2.05) is 20.8 Å². The van der Waals surface area contributed by atoms with Crippen molar-refractivity contribution in [3.8, 4) is 0 Å². The summed E-state index contributed by atoms with van der Waals surface area (Å²) in [6, 6.07) is 1.07. The summed E-state index contributed by atoms with van der Waals surface area (Å²) in [4.78, 5) is 16.4. The summed E-state index contributed by atoms with van der Waals surface area (Å²) >= 11 is 1.04. The summed E-state index contributed by atoms with van der Waals surface area (Å²) in [7, 11) is 1.25. The van der Waals surface area contributed by atoms with Crippen LogP contribution >= 0.6 is 11.3 Å².